The first-order valence-corrected chi connectivity index (χ1v) is 10.9. The number of hydrogen-bond acceptors (Lipinski definition) is 4. The van der Waals surface area contributed by atoms with E-state index in [1.54, 1.807) is 31.7 Å². The summed E-state index contributed by atoms with van der Waals surface area (Å²) < 4.78 is 5.10. The minimum absolute atomic E-state index is 0.0935. The summed E-state index contributed by atoms with van der Waals surface area (Å²) in [5.74, 6) is -1.03. The molecule has 1 aliphatic rings. The van der Waals surface area contributed by atoms with Crippen molar-refractivity contribution in [1.82, 2.24) is 15.2 Å². The van der Waals surface area contributed by atoms with Crippen LogP contribution >= 0.6 is 11.6 Å². The fourth-order valence-electron chi connectivity index (χ4n) is 3.98. The number of aromatic amines is 1. The molecular weight excluding hydrogens is 418 g/mol. The first kappa shape index (κ1) is 22.9. The van der Waals surface area contributed by atoms with Crippen LogP contribution in [0.1, 0.15) is 57.4 Å². The SMILES string of the molecule is CCOC(=O)c1c(C)[nH]c(C(=O)N2CCC[C@H](C(=O)NCc3ccccc3Cl)C2)c1C. The average molecular weight is 446 g/mol. The van der Waals surface area contributed by atoms with Gasteiger partial charge < -0.3 is 19.9 Å². The minimum atomic E-state index is -0.441. The van der Waals surface area contributed by atoms with E-state index in [2.05, 4.69) is 10.3 Å². The predicted octanol–water partition coefficient (Wildman–Crippen LogP) is 3.63. The topological polar surface area (TPSA) is 91.5 Å². The number of H-pyrrole nitrogens is 1. The summed E-state index contributed by atoms with van der Waals surface area (Å²) >= 11 is 6.16. The number of nitrogens with zero attached hydrogens (tertiary/aromatic N) is 1. The molecule has 1 atom stereocenters. The van der Waals surface area contributed by atoms with Gasteiger partial charge in [0.15, 0.2) is 0 Å². The maximum atomic E-state index is 13.2. The molecule has 0 spiro atoms. The van der Waals surface area contributed by atoms with Crippen LogP contribution in [0.3, 0.4) is 0 Å². The Balaban J connectivity index is 1.67. The summed E-state index contributed by atoms with van der Waals surface area (Å²) in [5.41, 5.74) is 2.80. The van der Waals surface area contributed by atoms with Crippen LogP contribution in [0.25, 0.3) is 0 Å². The number of hydrogen-bond donors (Lipinski definition) is 2. The van der Waals surface area contributed by atoms with E-state index in [1.165, 1.54) is 0 Å². The first-order valence-electron chi connectivity index (χ1n) is 10.5. The lowest BCUT2D eigenvalue weighted by molar-refractivity contribution is -0.126. The normalized spacial score (nSPS) is 16.1. The van der Waals surface area contributed by atoms with Crippen LogP contribution in [-0.4, -0.2) is 47.4 Å². The zero-order chi connectivity index (χ0) is 22.5. The number of likely N-dealkylation sites (tertiary alicyclic amines) is 1. The number of nitrogens with one attached hydrogen (secondary N) is 2. The molecule has 3 rings (SSSR count). The van der Waals surface area contributed by atoms with Crippen LogP contribution in [-0.2, 0) is 16.1 Å². The highest BCUT2D eigenvalue weighted by Gasteiger charge is 2.31. The number of benzene rings is 1. The molecule has 1 saturated heterocycles. The van der Waals surface area contributed by atoms with Crippen molar-refractivity contribution in [2.24, 2.45) is 5.92 Å². The number of ether oxygens (including phenoxy) is 1. The zero-order valence-electron chi connectivity index (χ0n) is 18.1. The van der Waals surface area contributed by atoms with Crippen molar-refractivity contribution in [3.63, 3.8) is 0 Å². The summed E-state index contributed by atoms with van der Waals surface area (Å²) in [5, 5.41) is 3.54. The molecule has 2 aromatic rings. The van der Waals surface area contributed by atoms with Crippen LogP contribution in [0.5, 0.6) is 0 Å². The van der Waals surface area contributed by atoms with Crippen molar-refractivity contribution in [3.05, 3.63) is 57.4 Å². The standard InChI is InChI=1S/C23H28ClN3O4/c1-4-31-23(30)19-14(2)20(26-15(19)3)22(29)27-11-7-9-17(13-27)21(28)25-12-16-8-5-6-10-18(16)24/h5-6,8,10,17,26H,4,7,9,11-13H2,1-3H3,(H,25,28)/t17-/m0/s1. The lowest BCUT2D eigenvalue weighted by atomic mass is 9.96. The molecule has 7 nitrogen and oxygen atoms in total. The Morgan fingerprint density at radius 1 is 1.26 bits per heavy atom. The van der Waals surface area contributed by atoms with E-state index >= 15 is 0 Å². The Bertz CT molecular complexity index is 985. The predicted molar refractivity (Wildman–Crippen MR) is 118 cm³/mol. The van der Waals surface area contributed by atoms with Crippen LogP contribution in [0.15, 0.2) is 24.3 Å². The number of esters is 1. The lowest BCUT2D eigenvalue weighted by Crippen LogP contribution is -2.45. The fourth-order valence-corrected chi connectivity index (χ4v) is 4.18. The summed E-state index contributed by atoms with van der Waals surface area (Å²) in [4.78, 5) is 42.8. The molecule has 2 amide bonds. The van der Waals surface area contributed by atoms with E-state index in [9.17, 15) is 14.4 Å². The Morgan fingerprint density at radius 3 is 2.71 bits per heavy atom. The molecule has 1 fully saturated rings. The molecule has 8 heteroatoms. The third-order valence-corrected chi connectivity index (χ3v) is 5.99. The van der Waals surface area contributed by atoms with Gasteiger partial charge in [-0.25, -0.2) is 4.79 Å². The number of rotatable bonds is 6. The van der Waals surface area contributed by atoms with Gasteiger partial charge in [-0.05, 0) is 50.8 Å². The molecule has 0 bridgehead atoms. The van der Waals surface area contributed by atoms with Gasteiger partial charge in [0.1, 0.15) is 5.69 Å². The van der Waals surface area contributed by atoms with Crippen LogP contribution < -0.4 is 5.32 Å². The molecule has 1 aromatic carbocycles. The lowest BCUT2D eigenvalue weighted by Gasteiger charge is -2.32. The molecule has 1 aromatic heterocycles. The van der Waals surface area contributed by atoms with Gasteiger partial charge in [0.2, 0.25) is 5.91 Å². The van der Waals surface area contributed by atoms with E-state index in [4.69, 9.17) is 16.3 Å². The highest BCUT2D eigenvalue weighted by atomic mass is 35.5. The minimum Gasteiger partial charge on any atom is -0.462 e. The van der Waals surface area contributed by atoms with Gasteiger partial charge >= 0.3 is 5.97 Å². The number of aromatic nitrogens is 1. The average Bonchev–Trinajstić information content (AvgIpc) is 3.06. The maximum Gasteiger partial charge on any atom is 0.340 e. The van der Waals surface area contributed by atoms with Crippen molar-refractivity contribution >= 4 is 29.4 Å². The third kappa shape index (κ3) is 5.10. The van der Waals surface area contributed by atoms with Gasteiger partial charge in [-0.15, -0.1) is 0 Å². The Morgan fingerprint density at radius 2 is 2.00 bits per heavy atom. The monoisotopic (exact) mass is 445 g/mol. The summed E-state index contributed by atoms with van der Waals surface area (Å²) in [7, 11) is 0. The summed E-state index contributed by atoms with van der Waals surface area (Å²) in [6.45, 7) is 6.74. The zero-order valence-corrected chi connectivity index (χ0v) is 18.8. The Hall–Kier alpha value is -2.80. The van der Waals surface area contributed by atoms with Crippen molar-refractivity contribution < 1.29 is 19.1 Å². The van der Waals surface area contributed by atoms with Gasteiger partial charge in [-0.2, -0.15) is 0 Å². The number of carbonyl (C=O) groups excluding carboxylic acids is 3. The molecule has 0 radical (unpaired) electrons. The van der Waals surface area contributed by atoms with E-state index in [0.29, 0.717) is 47.2 Å². The third-order valence-electron chi connectivity index (χ3n) is 5.62. The molecule has 2 heterocycles. The molecule has 0 aliphatic carbocycles. The number of halogens is 1. The fraction of sp³-hybridized carbons (Fsp3) is 0.435. The smallest absolute Gasteiger partial charge is 0.340 e. The maximum absolute atomic E-state index is 13.2. The van der Waals surface area contributed by atoms with E-state index in [-0.39, 0.29) is 24.3 Å². The van der Waals surface area contributed by atoms with Crippen LogP contribution in [0.2, 0.25) is 5.02 Å². The van der Waals surface area contributed by atoms with E-state index in [0.717, 1.165) is 18.4 Å². The number of piperidine rings is 1. The van der Waals surface area contributed by atoms with Gasteiger partial charge in [0, 0.05) is 30.4 Å². The van der Waals surface area contributed by atoms with Crippen molar-refractivity contribution in [2.75, 3.05) is 19.7 Å². The molecule has 0 saturated carbocycles. The van der Waals surface area contributed by atoms with Gasteiger partial charge in [-0.1, -0.05) is 29.8 Å². The molecular formula is C23H28ClN3O4. The molecule has 2 N–H and O–H groups in total. The van der Waals surface area contributed by atoms with Crippen LogP contribution in [0.4, 0.5) is 0 Å². The number of amides is 2. The van der Waals surface area contributed by atoms with Crippen molar-refractivity contribution in [2.45, 2.75) is 40.2 Å². The Labute approximate surface area is 187 Å². The molecule has 166 valence electrons. The van der Waals surface area contributed by atoms with E-state index in [1.807, 2.05) is 18.2 Å². The molecule has 0 unspecified atom stereocenters. The highest BCUT2D eigenvalue weighted by molar-refractivity contribution is 6.31. The highest BCUT2D eigenvalue weighted by Crippen LogP contribution is 2.24. The first-order chi connectivity index (χ1) is 14.8. The largest absolute Gasteiger partial charge is 0.462 e. The quantitative estimate of drug-likeness (QED) is 0.664. The number of carbonyl (C=O) groups is 3. The van der Waals surface area contributed by atoms with Crippen LogP contribution in [0, 0.1) is 19.8 Å². The van der Waals surface area contributed by atoms with Crippen molar-refractivity contribution in [1.29, 1.82) is 0 Å². The Kier molecular flexibility index (Phi) is 7.38. The van der Waals surface area contributed by atoms with Crippen molar-refractivity contribution in [3.8, 4) is 0 Å². The van der Waals surface area contributed by atoms with E-state index < -0.39 is 5.97 Å². The number of aryl methyl sites for hydroxylation is 1. The molecule has 1 aliphatic heterocycles. The second-order valence-electron chi connectivity index (χ2n) is 7.75. The second kappa shape index (κ2) is 10.0. The van der Waals surface area contributed by atoms with Gasteiger partial charge in [0.25, 0.3) is 5.91 Å². The van der Waals surface area contributed by atoms with Gasteiger partial charge in [0.05, 0.1) is 18.1 Å². The second-order valence-corrected chi connectivity index (χ2v) is 8.15. The summed E-state index contributed by atoms with van der Waals surface area (Å²) in [6.07, 6.45) is 1.45. The molecule has 31 heavy (non-hydrogen) atoms. The van der Waals surface area contributed by atoms with Gasteiger partial charge in [-0.3, -0.25) is 9.59 Å². The summed E-state index contributed by atoms with van der Waals surface area (Å²) in [6, 6.07) is 7.38.